The van der Waals surface area contributed by atoms with Crippen LogP contribution in [0.4, 0.5) is 16.0 Å². The van der Waals surface area contributed by atoms with Crippen LogP contribution in [0.3, 0.4) is 0 Å². The second-order valence-corrected chi connectivity index (χ2v) is 12.2. The first-order chi connectivity index (χ1) is 20.8. The van der Waals surface area contributed by atoms with E-state index in [1.54, 1.807) is 7.11 Å². The molecule has 5 aromatic rings. The third-order valence-electron chi connectivity index (χ3n) is 8.33. The molecule has 0 bridgehead atoms. The number of hydrogen-bond acceptors (Lipinski definition) is 10. The van der Waals surface area contributed by atoms with E-state index in [0.717, 1.165) is 41.6 Å². The summed E-state index contributed by atoms with van der Waals surface area (Å²) in [7, 11) is 1.59. The van der Waals surface area contributed by atoms with Gasteiger partial charge in [-0.3, -0.25) is 9.89 Å². The number of carbonyl (C=O) groups excluding carboxylic acids is 1. The Bertz CT molecular complexity index is 1780. The number of thiazole rings is 1. The van der Waals surface area contributed by atoms with Crippen LogP contribution in [-0.2, 0) is 9.53 Å². The maximum atomic E-state index is 13.6. The number of hydrogen-bond donors (Lipinski definition) is 3. The van der Waals surface area contributed by atoms with Gasteiger partial charge in [0.05, 0.1) is 41.8 Å². The Morgan fingerprint density at radius 3 is 2.67 bits per heavy atom. The molecule has 224 valence electrons. The Labute approximate surface area is 250 Å². The van der Waals surface area contributed by atoms with Gasteiger partial charge in [0.15, 0.2) is 17.3 Å². The van der Waals surface area contributed by atoms with Crippen LogP contribution in [0.15, 0.2) is 30.0 Å². The van der Waals surface area contributed by atoms with E-state index in [4.69, 9.17) is 14.7 Å². The van der Waals surface area contributed by atoms with E-state index in [1.807, 2.05) is 36.2 Å². The van der Waals surface area contributed by atoms with Crippen molar-refractivity contribution < 1.29 is 13.9 Å². The van der Waals surface area contributed by atoms with Gasteiger partial charge < -0.3 is 15.4 Å². The first-order valence-corrected chi connectivity index (χ1v) is 15.3. The fourth-order valence-corrected chi connectivity index (χ4v) is 6.51. The molecule has 0 radical (unpaired) electrons. The molecule has 0 unspecified atom stereocenters. The van der Waals surface area contributed by atoms with Gasteiger partial charge in [-0.15, -0.1) is 11.3 Å². The van der Waals surface area contributed by atoms with Crippen molar-refractivity contribution >= 4 is 39.9 Å². The van der Waals surface area contributed by atoms with Crippen LogP contribution < -0.4 is 10.6 Å². The van der Waals surface area contributed by atoms with Crippen molar-refractivity contribution in [1.29, 1.82) is 0 Å². The lowest BCUT2D eigenvalue weighted by Crippen LogP contribution is -2.51. The number of nitrogens with zero attached hydrogens (tertiary/aromatic N) is 8. The van der Waals surface area contributed by atoms with Gasteiger partial charge in [0.25, 0.3) is 5.91 Å². The third-order valence-corrected chi connectivity index (χ3v) is 9.18. The van der Waals surface area contributed by atoms with Gasteiger partial charge in [-0.05, 0) is 52.4 Å². The molecule has 2 fully saturated rings. The largest absolute Gasteiger partial charge is 0.368 e. The van der Waals surface area contributed by atoms with Crippen LogP contribution in [-0.4, -0.2) is 63.3 Å². The van der Waals surface area contributed by atoms with Gasteiger partial charge in [-0.1, -0.05) is 0 Å². The summed E-state index contributed by atoms with van der Waals surface area (Å²) in [5, 5.41) is 25.5. The van der Waals surface area contributed by atoms with Crippen LogP contribution in [0.25, 0.3) is 16.2 Å². The number of aryl methyl sites for hydroxylation is 1. The summed E-state index contributed by atoms with van der Waals surface area (Å²) < 4.78 is 22.7. The van der Waals surface area contributed by atoms with Gasteiger partial charge in [0.1, 0.15) is 17.2 Å². The Kier molecular flexibility index (Phi) is 6.92. The molecule has 5 aromatic heterocycles. The molecular formula is C28H32FN11O2S. The van der Waals surface area contributed by atoms with Gasteiger partial charge in [0, 0.05) is 30.2 Å². The van der Waals surface area contributed by atoms with Crippen molar-refractivity contribution in [2.24, 2.45) is 0 Å². The van der Waals surface area contributed by atoms with Gasteiger partial charge in [-0.2, -0.15) is 15.3 Å². The summed E-state index contributed by atoms with van der Waals surface area (Å²) >= 11 is 1.33. The summed E-state index contributed by atoms with van der Waals surface area (Å²) in [6.45, 7) is 3.82. The molecule has 2 aliphatic carbocycles. The van der Waals surface area contributed by atoms with Gasteiger partial charge in [0.2, 0.25) is 5.13 Å². The monoisotopic (exact) mass is 605 g/mol. The van der Waals surface area contributed by atoms with E-state index in [1.165, 1.54) is 22.2 Å². The molecule has 1 atom stereocenters. The molecule has 0 spiro atoms. The van der Waals surface area contributed by atoms with Crippen LogP contribution in [0, 0.1) is 12.7 Å². The lowest BCUT2D eigenvalue weighted by Gasteiger charge is -2.38. The highest BCUT2D eigenvalue weighted by Gasteiger charge is 2.44. The van der Waals surface area contributed by atoms with Crippen molar-refractivity contribution in [3.63, 3.8) is 0 Å². The molecule has 0 aliphatic heterocycles. The summed E-state index contributed by atoms with van der Waals surface area (Å²) in [5.41, 5.74) is 1.46. The predicted octanol–water partition coefficient (Wildman–Crippen LogP) is 4.64. The summed E-state index contributed by atoms with van der Waals surface area (Å²) in [5.74, 6) is 1.52. The second kappa shape index (κ2) is 10.8. The van der Waals surface area contributed by atoms with Crippen molar-refractivity contribution in [2.75, 3.05) is 12.4 Å². The first-order valence-electron chi connectivity index (χ1n) is 14.4. The maximum Gasteiger partial charge on any atom is 0.252 e. The lowest BCUT2D eigenvalue weighted by molar-refractivity contribution is -0.148. The number of H-pyrrole nitrogens is 1. The van der Waals surface area contributed by atoms with E-state index in [-0.39, 0.29) is 17.9 Å². The number of fused-ring (bicyclic) bond motifs is 1. The fraction of sp³-hybridized carbons (Fsp3) is 0.464. The number of halogens is 1. The van der Waals surface area contributed by atoms with Crippen molar-refractivity contribution in [3.8, 4) is 5.13 Å². The zero-order valence-corrected chi connectivity index (χ0v) is 24.9. The molecule has 13 nitrogen and oxygen atoms in total. The molecule has 5 heterocycles. The molecular weight excluding hydrogens is 573 g/mol. The molecule has 0 aromatic carbocycles. The van der Waals surface area contributed by atoms with Gasteiger partial charge >= 0.3 is 0 Å². The number of rotatable bonds is 9. The molecule has 3 N–H and O–H groups in total. The van der Waals surface area contributed by atoms with E-state index in [2.05, 4.69) is 36.0 Å². The van der Waals surface area contributed by atoms with Crippen molar-refractivity contribution in [3.05, 3.63) is 53.1 Å². The molecule has 15 heteroatoms. The number of carbonyl (C=O) groups is 1. The zero-order valence-electron chi connectivity index (χ0n) is 24.0. The lowest BCUT2D eigenvalue weighted by atomic mass is 9.77. The van der Waals surface area contributed by atoms with E-state index < -0.39 is 11.4 Å². The Hall–Kier alpha value is -4.24. The van der Waals surface area contributed by atoms with Gasteiger partial charge in [-0.25, -0.2) is 28.7 Å². The Balaban J connectivity index is 1.08. The number of amides is 1. The fourth-order valence-electron chi connectivity index (χ4n) is 5.66. The van der Waals surface area contributed by atoms with E-state index in [9.17, 15) is 9.18 Å². The molecule has 2 saturated carbocycles. The second-order valence-electron chi connectivity index (χ2n) is 11.4. The number of aromatic amines is 1. The van der Waals surface area contributed by atoms with Crippen molar-refractivity contribution in [2.45, 2.75) is 76.0 Å². The topological polar surface area (TPSA) is 153 Å². The van der Waals surface area contributed by atoms with E-state index in [0.29, 0.717) is 54.2 Å². The normalized spacial score (nSPS) is 21.3. The zero-order chi connectivity index (χ0) is 29.7. The molecule has 2 aliphatic rings. The number of ether oxygens (including phenoxy) is 1. The minimum Gasteiger partial charge on any atom is -0.368 e. The molecule has 1 amide bonds. The molecule has 7 rings (SSSR count). The SMILES string of the molecule is COC1(C(=O)N[C@@H](C)c2csc(-n3cc(F)cn3)n2)CCC(c2nc(Nc3cc(C)[nH]n3)c3cnn(C4CC4)c3n2)CC1. The quantitative estimate of drug-likeness (QED) is 0.218. The van der Waals surface area contributed by atoms with Crippen LogP contribution in [0.2, 0.25) is 0 Å². The minimum absolute atomic E-state index is 0.0532. The highest BCUT2D eigenvalue weighted by atomic mass is 32.1. The summed E-state index contributed by atoms with van der Waals surface area (Å²) in [6, 6.07) is 1.93. The summed E-state index contributed by atoms with van der Waals surface area (Å²) in [4.78, 5) is 28.1. The van der Waals surface area contributed by atoms with Crippen LogP contribution in [0.1, 0.15) is 80.7 Å². The number of anilines is 2. The van der Waals surface area contributed by atoms with Crippen molar-refractivity contribution in [1.82, 2.24) is 50.0 Å². The van der Waals surface area contributed by atoms with Crippen LogP contribution >= 0.6 is 11.3 Å². The number of methoxy groups -OCH3 is 1. The Morgan fingerprint density at radius 2 is 2.00 bits per heavy atom. The summed E-state index contributed by atoms with van der Waals surface area (Å²) in [6.07, 6.45) is 8.81. The van der Waals surface area contributed by atoms with Crippen LogP contribution in [0.5, 0.6) is 0 Å². The highest BCUT2D eigenvalue weighted by molar-refractivity contribution is 7.12. The third kappa shape index (κ3) is 5.27. The van der Waals surface area contributed by atoms with E-state index >= 15 is 0 Å². The first kappa shape index (κ1) is 27.6. The molecule has 43 heavy (non-hydrogen) atoms. The standard InChI is InChI=1S/C28H32FN11O2S/c1-15-10-22(38-37-15)34-24-20-12-31-40(19-4-5-19)25(20)36-23(35-24)17-6-8-28(42-3,9-7-17)26(41)32-16(2)21-14-43-27(33-21)39-13-18(29)11-30-39/h10-14,16-17,19H,4-9H2,1-3H3,(H,32,41)(H2,34,35,36,37,38)/t16-,17?,28?/m0/s1. The number of aromatic nitrogens is 9. The predicted molar refractivity (Wildman–Crippen MR) is 157 cm³/mol. The number of nitrogens with one attached hydrogen (secondary N) is 3. The average molecular weight is 606 g/mol. The molecule has 0 saturated heterocycles. The Morgan fingerprint density at radius 1 is 1.19 bits per heavy atom. The highest BCUT2D eigenvalue weighted by Crippen LogP contribution is 2.42. The average Bonchev–Trinajstić information content (AvgIpc) is 3.37. The minimum atomic E-state index is -0.970. The smallest absolute Gasteiger partial charge is 0.252 e. The maximum absolute atomic E-state index is 13.6.